The summed E-state index contributed by atoms with van der Waals surface area (Å²) in [7, 11) is 0. The maximum atomic E-state index is 12.7. The maximum absolute atomic E-state index is 12.7. The fraction of sp³-hybridized carbons (Fsp3) is 0.706. The van der Waals surface area contributed by atoms with Crippen molar-refractivity contribution in [2.24, 2.45) is 0 Å². The fourth-order valence-corrected chi connectivity index (χ4v) is 4.72. The van der Waals surface area contributed by atoms with Gasteiger partial charge in [0, 0.05) is 32.2 Å². The first-order valence-electron chi connectivity index (χ1n) is 8.36. The molecule has 1 saturated carbocycles. The lowest BCUT2D eigenvalue weighted by molar-refractivity contribution is 0.0317. The normalized spacial score (nSPS) is 26.8. The molecule has 2 unspecified atom stereocenters. The van der Waals surface area contributed by atoms with Gasteiger partial charge in [-0.3, -0.25) is 9.69 Å². The molecular formula is C17H26N2O2S. The molecule has 2 aliphatic rings. The third-order valence-corrected chi connectivity index (χ3v) is 5.94. The van der Waals surface area contributed by atoms with Gasteiger partial charge < -0.3 is 10.0 Å². The first kappa shape index (κ1) is 16.0. The Labute approximate surface area is 136 Å². The van der Waals surface area contributed by atoms with E-state index in [1.807, 2.05) is 10.3 Å². The Morgan fingerprint density at radius 1 is 1.27 bits per heavy atom. The summed E-state index contributed by atoms with van der Waals surface area (Å²) in [5.41, 5.74) is 1.17. The summed E-state index contributed by atoms with van der Waals surface area (Å²) in [6.07, 6.45) is 2.97. The number of thiophene rings is 1. The van der Waals surface area contributed by atoms with Crippen LogP contribution < -0.4 is 0 Å². The van der Waals surface area contributed by atoms with Crippen molar-refractivity contribution in [3.8, 4) is 0 Å². The van der Waals surface area contributed by atoms with Crippen LogP contribution in [0.4, 0.5) is 0 Å². The van der Waals surface area contributed by atoms with Crippen LogP contribution >= 0.6 is 11.3 Å². The molecule has 1 aliphatic heterocycles. The minimum atomic E-state index is -0.174. The summed E-state index contributed by atoms with van der Waals surface area (Å²) in [6.45, 7) is 7.59. The predicted molar refractivity (Wildman–Crippen MR) is 89.5 cm³/mol. The molecule has 4 nitrogen and oxygen atoms in total. The van der Waals surface area contributed by atoms with Crippen molar-refractivity contribution >= 4 is 17.2 Å². The number of carbonyl (C=O) groups is 1. The number of carbonyl (C=O) groups excluding carboxylic acids is 1. The van der Waals surface area contributed by atoms with Gasteiger partial charge >= 0.3 is 0 Å². The lowest BCUT2D eigenvalue weighted by Crippen LogP contribution is -2.53. The molecule has 0 radical (unpaired) electrons. The first-order valence-corrected chi connectivity index (χ1v) is 9.24. The van der Waals surface area contributed by atoms with Crippen molar-refractivity contribution in [2.45, 2.75) is 51.2 Å². The van der Waals surface area contributed by atoms with Crippen LogP contribution in [0, 0.1) is 0 Å². The van der Waals surface area contributed by atoms with E-state index in [1.165, 1.54) is 5.56 Å². The van der Waals surface area contributed by atoms with E-state index in [1.54, 1.807) is 11.3 Å². The van der Waals surface area contributed by atoms with E-state index in [0.29, 0.717) is 12.0 Å². The number of piperazine rings is 1. The Hall–Kier alpha value is -0.910. The quantitative estimate of drug-likeness (QED) is 0.930. The van der Waals surface area contributed by atoms with E-state index < -0.39 is 0 Å². The molecular weight excluding hydrogens is 296 g/mol. The molecule has 5 heteroatoms. The standard InChI is InChI=1S/C17H26N2O2S/c1-12(2)13-6-11-22-16(13)17(21)19-9-7-18(8-10-19)14-4-3-5-15(14)20/h6,11-12,14-15,20H,3-5,7-10H2,1-2H3. The molecule has 2 fully saturated rings. The third kappa shape index (κ3) is 3.07. The van der Waals surface area contributed by atoms with Crippen molar-refractivity contribution in [3.05, 3.63) is 21.9 Å². The van der Waals surface area contributed by atoms with Gasteiger partial charge in [0.05, 0.1) is 11.0 Å². The van der Waals surface area contributed by atoms with Crippen LogP contribution in [0.15, 0.2) is 11.4 Å². The molecule has 1 aromatic rings. The van der Waals surface area contributed by atoms with Crippen LogP contribution in [-0.4, -0.2) is 59.1 Å². The van der Waals surface area contributed by atoms with E-state index in [-0.39, 0.29) is 12.0 Å². The van der Waals surface area contributed by atoms with Gasteiger partial charge in [-0.15, -0.1) is 11.3 Å². The Balaban J connectivity index is 1.61. The predicted octanol–water partition coefficient (Wildman–Crippen LogP) is 2.54. The number of amides is 1. The molecule has 3 rings (SSSR count). The van der Waals surface area contributed by atoms with Gasteiger partial charge in [0.1, 0.15) is 0 Å². The second-order valence-corrected chi connectivity index (χ2v) is 7.67. The highest BCUT2D eigenvalue weighted by Gasteiger charge is 2.34. The summed E-state index contributed by atoms with van der Waals surface area (Å²) >= 11 is 1.56. The molecule has 1 aliphatic carbocycles. The van der Waals surface area contributed by atoms with E-state index >= 15 is 0 Å². The first-order chi connectivity index (χ1) is 10.6. The van der Waals surface area contributed by atoms with Gasteiger partial charge in [0.2, 0.25) is 0 Å². The van der Waals surface area contributed by atoms with Crippen LogP contribution in [-0.2, 0) is 0 Å². The number of hydrogen-bond acceptors (Lipinski definition) is 4. The lowest BCUT2D eigenvalue weighted by Gasteiger charge is -2.39. The number of nitrogens with zero attached hydrogens (tertiary/aromatic N) is 2. The minimum absolute atomic E-state index is 0.174. The number of aliphatic hydroxyl groups is 1. The number of rotatable bonds is 3. The molecule has 1 amide bonds. The van der Waals surface area contributed by atoms with Crippen LogP contribution in [0.3, 0.4) is 0 Å². The summed E-state index contributed by atoms with van der Waals surface area (Å²) in [5.74, 6) is 0.574. The molecule has 0 spiro atoms. The molecule has 122 valence electrons. The van der Waals surface area contributed by atoms with Gasteiger partial charge in [0.25, 0.3) is 5.91 Å². The van der Waals surface area contributed by atoms with Gasteiger partial charge in [-0.05, 0) is 42.2 Å². The number of hydrogen-bond donors (Lipinski definition) is 1. The smallest absolute Gasteiger partial charge is 0.264 e. The van der Waals surface area contributed by atoms with Crippen molar-refractivity contribution < 1.29 is 9.90 Å². The van der Waals surface area contributed by atoms with Gasteiger partial charge in [-0.1, -0.05) is 13.8 Å². The largest absolute Gasteiger partial charge is 0.391 e. The third-order valence-electron chi connectivity index (χ3n) is 5.03. The molecule has 0 aromatic carbocycles. The number of aliphatic hydroxyl groups excluding tert-OH is 1. The maximum Gasteiger partial charge on any atom is 0.264 e. The average Bonchev–Trinajstić information content (AvgIpc) is 3.15. The second-order valence-electron chi connectivity index (χ2n) is 6.75. The zero-order chi connectivity index (χ0) is 15.7. The highest BCUT2D eigenvalue weighted by atomic mass is 32.1. The van der Waals surface area contributed by atoms with E-state index in [9.17, 15) is 9.90 Å². The van der Waals surface area contributed by atoms with Crippen molar-refractivity contribution in [1.29, 1.82) is 0 Å². The van der Waals surface area contributed by atoms with Crippen LogP contribution in [0.1, 0.15) is 54.3 Å². The van der Waals surface area contributed by atoms with Crippen LogP contribution in [0.2, 0.25) is 0 Å². The van der Waals surface area contributed by atoms with Gasteiger partial charge in [0.15, 0.2) is 0 Å². The van der Waals surface area contributed by atoms with Crippen molar-refractivity contribution in [1.82, 2.24) is 9.80 Å². The topological polar surface area (TPSA) is 43.8 Å². The average molecular weight is 322 g/mol. The summed E-state index contributed by atoms with van der Waals surface area (Å²) in [6, 6.07) is 2.39. The van der Waals surface area contributed by atoms with E-state index in [0.717, 1.165) is 50.3 Å². The van der Waals surface area contributed by atoms with Gasteiger partial charge in [-0.2, -0.15) is 0 Å². The highest BCUT2D eigenvalue weighted by molar-refractivity contribution is 7.12. The molecule has 1 N–H and O–H groups in total. The zero-order valence-corrected chi connectivity index (χ0v) is 14.3. The second kappa shape index (κ2) is 6.69. The molecule has 1 aromatic heterocycles. The van der Waals surface area contributed by atoms with E-state index in [4.69, 9.17) is 0 Å². The Morgan fingerprint density at radius 2 is 2.00 bits per heavy atom. The summed E-state index contributed by atoms with van der Waals surface area (Å²) < 4.78 is 0. The van der Waals surface area contributed by atoms with Crippen LogP contribution in [0.5, 0.6) is 0 Å². The van der Waals surface area contributed by atoms with Crippen molar-refractivity contribution in [3.63, 3.8) is 0 Å². The molecule has 2 heterocycles. The molecule has 1 saturated heterocycles. The Morgan fingerprint density at radius 3 is 2.59 bits per heavy atom. The highest BCUT2D eigenvalue weighted by Crippen LogP contribution is 2.28. The van der Waals surface area contributed by atoms with Gasteiger partial charge in [-0.25, -0.2) is 0 Å². The lowest BCUT2D eigenvalue weighted by atomic mass is 10.0. The minimum Gasteiger partial charge on any atom is -0.391 e. The molecule has 2 atom stereocenters. The molecule has 0 bridgehead atoms. The fourth-order valence-electron chi connectivity index (χ4n) is 3.69. The Kier molecular flexibility index (Phi) is 4.85. The Bertz CT molecular complexity index is 520. The van der Waals surface area contributed by atoms with E-state index in [2.05, 4.69) is 24.8 Å². The summed E-state index contributed by atoms with van der Waals surface area (Å²) in [5, 5.41) is 12.1. The summed E-state index contributed by atoms with van der Waals surface area (Å²) in [4.78, 5) is 18.0. The molecule has 22 heavy (non-hydrogen) atoms. The monoisotopic (exact) mass is 322 g/mol. The SMILES string of the molecule is CC(C)c1ccsc1C(=O)N1CCN(C2CCCC2O)CC1. The van der Waals surface area contributed by atoms with Crippen molar-refractivity contribution in [2.75, 3.05) is 26.2 Å². The zero-order valence-electron chi connectivity index (χ0n) is 13.5. The van der Waals surface area contributed by atoms with Crippen LogP contribution in [0.25, 0.3) is 0 Å².